The van der Waals surface area contributed by atoms with E-state index in [0.717, 1.165) is 15.4 Å². The van der Waals surface area contributed by atoms with Crippen LogP contribution >= 0.6 is 15.9 Å². The van der Waals surface area contributed by atoms with Gasteiger partial charge in [0.05, 0.1) is 11.5 Å². The molecule has 0 bridgehead atoms. The van der Waals surface area contributed by atoms with Gasteiger partial charge in [0, 0.05) is 44.8 Å². The lowest BCUT2D eigenvalue weighted by molar-refractivity contribution is -0.689. The first-order valence-electron chi connectivity index (χ1n) is 10.6. The number of non-ortho nitro benzene ring substituents is 1. The Morgan fingerprint density at radius 3 is 2.44 bits per heavy atom. The number of imide groups is 1. The normalized spacial score (nSPS) is 13.0. The maximum absolute atomic E-state index is 13.1. The van der Waals surface area contributed by atoms with Crippen LogP contribution in [0, 0.1) is 10.1 Å². The first-order valence-corrected chi connectivity index (χ1v) is 11.4. The van der Waals surface area contributed by atoms with Gasteiger partial charge in [0.15, 0.2) is 0 Å². The van der Waals surface area contributed by atoms with Gasteiger partial charge in [-0.15, -0.1) is 4.68 Å². The van der Waals surface area contributed by atoms with Crippen LogP contribution in [-0.2, 0) is 13.1 Å². The van der Waals surface area contributed by atoms with Crippen molar-refractivity contribution in [1.29, 1.82) is 0 Å². The number of hydrogen-bond acceptors (Lipinski definition) is 5. The molecule has 3 aromatic carbocycles. The third kappa shape index (κ3) is 3.96. The van der Waals surface area contributed by atoms with Crippen molar-refractivity contribution in [3.63, 3.8) is 0 Å². The van der Waals surface area contributed by atoms with Gasteiger partial charge in [-0.2, -0.15) is 0 Å². The summed E-state index contributed by atoms with van der Waals surface area (Å²) < 4.78 is 4.46. The first kappa shape index (κ1) is 21.9. The molecule has 0 atom stereocenters. The monoisotopic (exact) mass is 520 g/mol. The van der Waals surface area contributed by atoms with E-state index in [0.29, 0.717) is 36.0 Å². The van der Waals surface area contributed by atoms with Gasteiger partial charge in [-0.25, -0.2) is 4.57 Å². The number of halogens is 1. The number of rotatable bonds is 7. The second-order valence-corrected chi connectivity index (χ2v) is 8.90. The molecule has 9 nitrogen and oxygen atoms in total. The van der Waals surface area contributed by atoms with Crippen LogP contribution in [0.25, 0.3) is 10.8 Å². The Morgan fingerprint density at radius 1 is 0.971 bits per heavy atom. The number of amides is 2. The number of nitro benzene ring substituents is 1. The van der Waals surface area contributed by atoms with Crippen LogP contribution in [0.1, 0.15) is 32.7 Å². The third-order valence-corrected chi connectivity index (χ3v) is 6.54. The Hall–Kier alpha value is -3.92. The van der Waals surface area contributed by atoms with Crippen molar-refractivity contribution in [3.05, 3.63) is 98.5 Å². The molecule has 0 fully saturated rings. The predicted molar refractivity (Wildman–Crippen MR) is 126 cm³/mol. The number of aryl methyl sites for hydroxylation is 1. The number of aromatic nitrogens is 3. The summed E-state index contributed by atoms with van der Waals surface area (Å²) in [7, 11) is 0. The van der Waals surface area contributed by atoms with E-state index < -0.39 is 4.92 Å². The Balaban J connectivity index is 1.24. The summed E-state index contributed by atoms with van der Waals surface area (Å²) in [6, 6.07) is 15.5. The molecule has 2 amide bonds. The highest BCUT2D eigenvalue weighted by molar-refractivity contribution is 9.10. The number of nitro groups is 1. The Morgan fingerprint density at radius 2 is 1.71 bits per heavy atom. The zero-order valence-corrected chi connectivity index (χ0v) is 19.5. The van der Waals surface area contributed by atoms with Crippen LogP contribution in [0.5, 0.6) is 0 Å². The molecule has 2 heterocycles. The van der Waals surface area contributed by atoms with E-state index in [2.05, 4.69) is 21.0 Å². The average molecular weight is 521 g/mol. The lowest BCUT2D eigenvalue weighted by atomic mass is 9.94. The van der Waals surface area contributed by atoms with E-state index in [1.807, 2.05) is 29.1 Å². The number of carbonyl (C=O) groups excluding carboxylic acids is 2. The topological polar surface area (TPSA) is 102 Å². The van der Waals surface area contributed by atoms with Gasteiger partial charge in [-0.3, -0.25) is 24.6 Å². The lowest BCUT2D eigenvalue weighted by Crippen LogP contribution is -2.41. The molecule has 1 aliphatic heterocycles. The third-order valence-electron chi connectivity index (χ3n) is 5.85. The van der Waals surface area contributed by atoms with E-state index in [-0.39, 0.29) is 24.0 Å². The SMILES string of the molecule is O=C1c2cccc3c(Br)ccc(c23)C(=O)N1CCCn1c[n+](Cc2ccc([N+](=O)[O-])cc2)cn1. The summed E-state index contributed by atoms with van der Waals surface area (Å²) >= 11 is 3.50. The lowest BCUT2D eigenvalue weighted by Gasteiger charge is -2.27. The summed E-state index contributed by atoms with van der Waals surface area (Å²) in [5.41, 5.74) is 2.04. The molecule has 0 spiro atoms. The van der Waals surface area contributed by atoms with Crippen molar-refractivity contribution in [3.8, 4) is 0 Å². The molecular weight excluding hydrogens is 502 g/mol. The Kier molecular flexibility index (Phi) is 5.66. The minimum atomic E-state index is -0.426. The van der Waals surface area contributed by atoms with Gasteiger partial charge >= 0.3 is 0 Å². The standard InChI is InChI=1S/C24H19BrN5O4/c25-21-10-9-20-22-18(21)3-1-4-19(22)23(31)29(24(20)32)12-2-11-28-15-27(14-26-28)13-16-5-7-17(8-6-16)30(33)34/h1,3-10,14-15H,2,11-13H2/q+1. The molecule has 0 unspecified atom stereocenters. The molecule has 1 aliphatic rings. The van der Waals surface area contributed by atoms with Crippen LogP contribution in [0.2, 0.25) is 0 Å². The fourth-order valence-electron chi connectivity index (χ4n) is 4.20. The summed E-state index contributed by atoms with van der Waals surface area (Å²) in [4.78, 5) is 37.8. The highest BCUT2D eigenvalue weighted by atomic mass is 79.9. The minimum Gasteiger partial charge on any atom is -0.274 e. The summed E-state index contributed by atoms with van der Waals surface area (Å²) in [6.07, 6.45) is 4.06. The van der Waals surface area contributed by atoms with Gasteiger partial charge in [-0.1, -0.05) is 28.1 Å². The predicted octanol–water partition coefficient (Wildman–Crippen LogP) is 3.73. The van der Waals surface area contributed by atoms with Crippen LogP contribution < -0.4 is 4.57 Å². The number of nitrogens with zero attached hydrogens (tertiary/aromatic N) is 5. The number of carbonyl (C=O) groups is 2. The number of hydrogen-bond donors (Lipinski definition) is 0. The van der Waals surface area contributed by atoms with Crippen molar-refractivity contribution in [2.24, 2.45) is 0 Å². The maximum Gasteiger partial charge on any atom is 0.269 e. The molecule has 5 rings (SSSR count). The Bertz CT molecular complexity index is 1430. The van der Waals surface area contributed by atoms with Gasteiger partial charge < -0.3 is 0 Å². The van der Waals surface area contributed by atoms with E-state index in [1.165, 1.54) is 17.0 Å². The molecule has 0 N–H and O–H groups in total. The average Bonchev–Trinajstić information content (AvgIpc) is 3.28. The van der Waals surface area contributed by atoms with Crippen LogP contribution in [0.15, 0.2) is 71.7 Å². The second-order valence-electron chi connectivity index (χ2n) is 8.04. The Labute approximate surface area is 202 Å². The smallest absolute Gasteiger partial charge is 0.269 e. The van der Waals surface area contributed by atoms with E-state index in [9.17, 15) is 19.7 Å². The molecule has 4 aromatic rings. The molecule has 0 saturated heterocycles. The van der Waals surface area contributed by atoms with Gasteiger partial charge in [0.25, 0.3) is 23.8 Å². The van der Waals surface area contributed by atoms with E-state index in [4.69, 9.17) is 0 Å². The van der Waals surface area contributed by atoms with Gasteiger partial charge in [0.1, 0.15) is 6.54 Å². The van der Waals surface area contributed by atoms with E-state index >= 15 is 0 Å². The van der Waals surface area contributed by atoms with Gasteiger partial charge in [-0.05, 0) is 47.7 Å². The zero-order chi connectivity index (χ0) is 23.8. The summed E-state index contributed by atoms with van der Waals surface area (Å²) in [5, 5.41) is 16.7. The molecule has 0 saturated carbocycles. The summed E-state index contributed by atoms with van der Waals surface area (Å²) in [5.74, 6) is -0.565. The number of benzene rings is 3. The highest BCUT2D eigenvalue weighted by Gasteiger charge is 2.32. The molecule has 0 aliphatic carbocycles. The summed E-state index contributed by atoms with van der Waals surface area (Å²) in [6.45, 7) is 1.34. The molecule has 1 aromatic heterocycles. The van der Waals surface area contributed by atoms with Gasteiger partial charge in [0.2, 0.25) is 6.33 Å². The first-order chi connectivity index (χ1) is 16.4. The largest absolute Gasteiger partial charge is 0.274 e. The van der Waals surface area contributed by atoms with E-state index in [1.54, 1.807) is 35.3 Å². The minimum absolute atomic E-state index is 0.0535. The van der Waals surface area contributed by atoms with Crippen molar-refractivity contribution in [1.82, 2.24) is 14.7 Å². The molecule has 34 heavy (non-hydrogen) atoms. The van der Waals surface area contributed by atoms with Crippen molar-refractivity contribution >= 4 is 44.2 Å². The van der Waals surface area contributed by atoms with Crippen LogP contribution in [-0.4, -0.2) is 38.0 Å². The molecule has 10 heteroatoms. The van der Waals surface area contributed by atoms with Crippen molar-refractivity contribution < 1.29 is 19.1 Å². The highest BCUT2D eigenvalue weighted by Crippen LogP contribution is 2.34. The zero-order valence-electron chi connectivity index (χ0n) is 17.9. The van der Waals surface area contributed by atoms with Crippen LogP contribution in [0.3, 0.4) is 0 Å². The molecule has 170 valence electrons. The fraction of sp³-hybridized carbons (Fsp3) is 0.167. The maximum atomic E-state index is 13.1. The quantitative estimate of drug-likeness (QED) is 0.160. The molecular formula is C24H19BrN5O4+. The van der Waals surface area contributed by atoms with Crippen molar-refractivity contribution in [2.75, 3.05) is 6.54 Å². The molecule has 0 radical (unpaired) electrons. The second kappa shape index (κ2) is 8.79. The van der Waals surface area contributed by atoms with Crippen LogP contribution in [0.4, 0.5) is 5.69 Å². The fourth-order valence-corrected chi connectivity index (χ4v) is 4.66. The van der Waals surface area contributed by atoms with Crippen molar-refractivity contribution in [2.45, 2.75) is 19.5 Å².